The van der Waals surface area contributed by atoms with Crippen LogP contribution >= 0.6 is 11.8 Å². The molecule has 0 saturated carbocycles. The number of thioether (sulfide) groups is 1. The number of carboxylic acid groups (broad SMARTS) is 1. The molecule has 6 rings (SSSR count). The molecular weight excluding hydrogens is 667 g/mol. The fourth-order valence-corrected chi connectivity index (χ4v) is 6.88. The molecule has 3 aromatic heterocycles. The predicted molar refractivity (Wildman–Crippen MR) is 200 cm³/mol. The van der Waals surface area contributed by atoms with E-state index in [0.29, 0.717) is 5.75 Å². The molecule has 0 fully saturated rings. The third-order valence-corrected chi connectivity index (χ3v) is 9.78. The molecule has 13 heteroatoms. The Morgan fingerprint density at radius 2 is 1.04 bits per heavy atom. The van der Waals surface area contributed by atoms with Gasteiger partial charge < -0.3 is 41.7 Å². The average Bonchev–Trinajstić information content (AvgIpc) is 3.86. The summed E-state index contributed by atoms with van der Waals surface area (Å²) in [5, 5.41) is 21.1. The van der Waals surface area contributed by atoms with E-state index in [1.807, 2.05) is 85.2 Å². The maximum atomic E-state index is 14.1. The molecule has 51 heavy (non-hydrogen) atoms. The molecule has 6 aromatic rings. The van der Waals surface area contributed by atoms with Gasteiger partial charge in [-0.05, 0) is 59.7 Å². The van der Waals surface area contributed by atoms with E-state index >= 15 is 0 Å². The summed E-state index contributed by atoms with van der Waals surface area (Å²) in [6.45, 7) is 0. The summed E-state index contributed by atoms with van der Waals surface area (Å²) in [7, 11) is 0. The fourth-order valence-electron chi connectivity index (χ4n) is 6.41. The van der Waals surface area contributed by atoms with E-state index in [9.17, 15) is 24.3 Å². The lowest BCUT2D eigenvalue weighted by Gasteiger charge is -2.25. The van der Waals surface area contributed by atoms with Crippen molar-refractivity contribution < 1.29 is 24.3 Å². The molecule has 12 nitrogen and oxygen atoms in total. The zero-order chi connectivity index (χ0) is 35.9. The Hall–Kier alpha value is -5.53. The van der Waals surface area contributed by atoms with E-state index in [-0.39, 0.29) is 25.7 Å². The number of hydrogen-bond donors (Lipinski definition) is 8. The highest BCUT2D eigenvalue weighted by molar-refractivity contribution is 7.98. The second-order valence-electron chi connectivity index (χ2n) is 12.6. The van der Waals surface area contributed by atoms with Gasteiger partial charge in [-0.2, -0.15) is 11.8 Å². The normalized spacial score (nSPS) is 13.8. The molecule has 4 unspecified atom stereocenters. The van der Waals surface area contributed by atoms with Crippen molar-refractivity contribution in [2.75, 3.05) is 12.0 Å². The highest BCUT2D eigenvalue weighted by Crippen LogP contribution is 2.22. The number of carboxylic acids is 1. The smallest absolute Gasteiger partial charge is 0.326 e. The lowest BCUT2D eigenvalue weighted by molar-refractivity contribution is -0.142. The van der Waals surface area contributed by atoms with Gasteiger partial charge in [0.05, 0.1) is 6.04 Å². The van der Waals surface area contributed by atoms with Crippen molar-refractivity contribution in [1.82, 2.24) is 30.9 Å². The van der Waals surface area contributed by atoms with Crippen LogP contribution in [0.1, 0.15) is 23.1 Å². The molecule has 4 atom stereocenters. The van der Waals surface area contributed by atoms with Gasteiger partial charge in [-0.25, -0.2) is 4.79 Å². The van der Waals surface area contributed by atoms with Crippen LogP contribution in [-0.4, -0.2) is 79.9 Å². The molecule has 0 saturated heterocycles. The number of nitrogens with two attached hydrogens (primary N) is 1. The van der Waals surface area contributed by atoms with Crippen LogP contribution in [-0.2, 0) is 38.4 Å². The number of fused-ring (bicyclic) bond motifs is 3. The van der Waals surface area contributed by atoms with Crippen LogP contribution in [0.15, 0.2) is 91.4 Å². The molecule has 0 aliphatic heterocycles. The van der Waals surface area contributed by atoms with Crippen molar-refractivity contribution in [3.8, 4) is 0 Å². The number of carbonyl (C=O) groups excluding carboxylic acids is 3. The van der Waals surface area contributed by atoms with Gasteiger partial charge in [-0.15, -0.1) is 0 Å². The van der Waals surface area contributed by atoms with Gasteiger partial charge in [0.15, 0.2) is 0 Å². The number of hydrogen-bond acceptors (Lipinski definition) is 6. The third-order valence-electron chi connectivity index (χ3n) is 9.14. The van der Waals surface area contributed by atoms with Gasteiger partial charge in [-0.3, -0.25) is 14.4 Å². The summed E-state index contributed by atoms with van der Waals surface area (Å²) >= 11 is 1.49. The molecule has 3 heterocycles. The van der Waals surface area contributed by atoms with Crippen LogP contribution in [0.3, 0.4) is 0 Å². The van der Waals surface area contributed by atoms with Crippen molar-refractivity contribution in [3.63, 3.8) is 0 Å². The molecular formula is C38H41N7O5S. The Bertz CT molecular complexity index is 2170. The molecule has 3 aromatic carbocycles. The second kappa shape index (κ2) is 16.0. The summed E-state index contributed by atoms with van der Waals surface area (Å²) in [6, 6.07) is 18.5. The van der Waals surface area contributed by atoms with Crippen molar-refractivity contribution in [2.24, 2.45) is 5.73 Å². The third kappa shape index (κ3) is 8.27. The van der Waals surface area contributed by atoms with Crippen molar-refractivity contribution >= 4 is 68.2 Å². The Morgan fingerprint density at radius 3 is 1.53 bits per heavy atom. The topological polar surface area (TPSA) is 198 Å². The minimum atomic E-state index is -1.24. The Kier molecular flexibility index (Phi) is 11.1. The first kappa shape index (κ1) is 35.3. The number of nitrogens with one attached hydrogen (secondary N) is 6. The fraction of sp³-hybridized carbons (Fsp3) is 0.263. The van der Waals surface area contributed by atoms with Crippen molar-refractivity contribution in [2.45, 2.75) is 49.9 Å². The summed E-state index contributed by atoms with van der Waals surface area (Å²) < 4.78 is 0. The summed E-state index contributed by atoms with van der Waals surface area (Å²) in [5.74, 6) is -2.41. The number of carbonyl (C=O) groups is 4. The lowest BCUT2D eigenvalue weighted by Crippen LogP contribution is -2.58. The van der Waals surface area contributed by atoms with Crippen LogP contribution < -0.4 is 21.7 Å². The first-order valence-corrected chi connectivity index (χ1v) is 18.1. The first-order chi connectivity index (χ1) is 24.7. The van der Waals surface area contributed by atoms with Crippen LogP contribution in [0.5, 0.6) is 0 Å². The SMILES string of the molecule is CSCCC(NC(=O)C(Cc1c[nH]c2ccccc12)NC(=O)C(N)Cc1c[nH]c2ccccc12)C(=O)NC(Cc1c[nH]c2ccccc12)C(=O)O. The number of aromatic nitrogens is 3. The van der Waals surface area contributed by atoms with Crippen molar-refractivity contribution in [3.05, 3.63) is 108 Å². The number of H-pyrrole nitrogens is 3. The van der Waals surface area contributed by atoms with Gasteiger partial charge in [-0.1, -0.05) is 54.6 Å². The molecule has 0 aliphatic carbocycles. The van der Waals surface area contributed by atoms with E-state index in [1.165, 1.54) is 11.8 Å². The Balaban J connectivity index is 1.20. The minimum absolute atomic E-state index is 0.0435. The Labute approximate surface area is 298 Å². The van der Waals surface area contributed by atoms with E-state index in [2.05, 4.69) is 30.9 Å². The highest BCUT2D eigenvalue weighted by atomic mass is 32.2. The predicted octanol–water partition coefficient (Wildman–Crippen LogP) is 3.78. The largest absolute Gasteiger partial charge is 0.480 e. The summed E-state index contributed by atoms with van der Waals surface area (Å²) in [6.07, 6.45) is 7.88. The number of benzene rings is 3. The van der Waals surface area contributed by atoms with Crippen LogP contribution in [0.25, 0.3) is 32.7 Å². The quantitative estimate of drug-likeness (QED) is 0.0749. The number of aromatic amines is 3. The van der Waals surface area contributed by atoms with E-state index in [0.717, 1.165) is 49.4 Å². The lowest BCUT2D eigenvalue weighted by atomic mass is 10.0. The zero-order valence-corrected chi connectivity index (χ0v) is 28.9. The number of para-hydroxylation sites is 3. The van der Waals surface area contributed by atoms with Gasteiger partial charge in [0.1, 0.15) is 18.1 Å². The average molecular weight is 708 g/mol. The van der Waals surface area contributed by atoms with Crippen LogP contribution in [0.2, 0.25) is 0 Å². The summed E-state index contributed by atoms with van der Waals surface area (Å²) in [5.41, 5.74) is 11.5. The van der Waals surface area contributed by atoms with E-state index in [1.54, 1.807) is 12.4 Å². The number of rotatable bonds is 16. The minimum Gasteiger partial charge on any atom is -0.480 e. The number of amides is 3. The van der Waals surface area contributed by atoms with Gasteiger partial charge in [0.2, 0.25) is 17.7 Å². The zero-order valence-electron chi connectivity index (χ0n) is 28.1. The van der Waals surface area contributed by atoms with Crippen LogP contribution in [0, 0.1) is 0 Å². The highest BCUT2D eigenvalue weighted by Gasteiger charge is 2.31. The molecule has 3 amide bonds. The molecule has 0 radical (unpaired) electrons. The Morgan fingerprint density at radius 1 is 0.627 bits per heavy atom. The van der Waals surface area contributed by atoms with Crippen molar-refractivity contribution in [1.29, 1.82) is 0 Å². The molecule has 0 spiro atoms. The molecule has 0 bridgehead atoms. The van der Waals surface area contributed by atoms with Gasteiger partial charge >= 0.3 is 5.97 Å². The van der Waals surface area contributed by atoms with Gasteiger partial charge in [0.25, 0.3) is 0 Å². The maximum absolute atomic E-state index is 14.1. The monoisotopic (exact) mass is 707 g/mol. The number of aliphatic carboxylic acids is 1. The summed E-state index contributed by atoms with van der Waals surface area (Å²) in [4.78, 5) is 63.2. The molecule has 264 valence electrons. The first-order valence-electron chi connectivity index (χ1n) is 16.7. The van der Waals surface area contributed by atoms with E-state index in [4.69, 9.17) is 5.73 Å². The maximum Gasteiger partial charge on any atom is 0.326 e. The second-order valence-corrected chi connectivity index (χ2v) is 13.6. The van der Waals surface area contributed by atoms with Gasteiger partial charge in [0, 0.05) is 64.1 Å². The standard InChI is InChI=1S/C38H41N7O5S/c1-51-15-14-32(36(47)45-34(38(49)50)18-24-21-42-31-13-7-4-10-27(24)31)43-37(48)33(17-23-20-41-30-12-6-3-9-26(23)30)44-35(46)28(39)16-22-19-40-29-11-5-2-8-25(22)29/h2-13,19-21,28,32-34,40-42H,14-18,39H2,1H3,(H,43,48)(H,44,46)(H,45,47)(H,49,50). The molecule has 0 aliphatic rings. The van der Waals surface area contributed by atoms with Crippen LogP contribution in [0.4, 0.5) is 0 Å². The molecule has 9 N–H and O–H groups in total. The van der Waals surface area contributed by atoms with E-state index < -0.39 is 47.9 Å².